The van der Waals surface area contributed by atoms with Gasteiger partial charge in [0.05, 0.1) is 12.8 Å². The van der Waals surface area contributed by atoms with Gasteiger partial charge < -0.3 is 15.0 Å². The molecule has 0 aromatic heterocycles. The summed E-state index contributed by atoms with van der Waals surface area (Å²) in [5, 5.41) is 2.68. The predicted molar refractivity (Wildman–Crippen MR) is 132 cm³/mol. The average molecular weight is 476 g/mol. The van der Waals surface area contributed by atoms with E-state index in [9.17, 15) is 14.4 Å². The lowest BCUT2D eigenvalue weighted by molar-refractivity contribution is -0.120. The Hall–Kier alpha value is -4.10. The highest BCUT2D eigenvalue weighted by atomic mass is 35.5. The van der Waals surface area contributed by atoms with Gasteiger partial charge in [0.1, 0.15) is 16.5 Å². The second-order valence-electron chi connectivity index (χ2n) is 7.40. The first-order valence-corrected chi connectivity index (χ1v) is 11.0. The first-order valence-electron chi connectivity index (χ1n) is 10.6. The van der Waals surface area contributed by atoms with Gasteiger partial charge in [-0.05, 0) is 49.4 Å². The summed E-state index contributed by atoms with van der Waals surface area (Å²) in [6.07, 6.45) is 0. The lowest BCUT2D eigenvalue weighted by Crippen LogP contribution is -2.32. The van der Waals surface area contributed by atoms with E-state index in [-0.39, 0.29) is 16.6 Å². The van der Waals surface area contributed by atoms with Crippen molar-refractivity contribution in [3.05, 3.63) is 95.2 Å². The van der Waals surface area contributed by atoms with E-state index in [1.165, 1.54) is 7.11 Å². The number of amides is 3. The van der Waals surface area contributed by atoms with Gasteiger partial charge in [-0.3, -0.25) is 14.4 Å². The van der Waals surface area contributed by atoms with Crippen LogP contribution < -0.4 is 19.9 Å². The Morgan fingerprint density at radius 1 is 0.971 bits per heavy atom. The summed E-state index contributed by atoms with van der Waals surface area (Å²) in [7, 11) is 1.45. The minimum atomic E-state index is -0.660. The largest absolute Gasteiger partial charge is 0.495 e. The first kappa shape index (κ1) is 23.1. The first-order chi connectivity index (χ1) is 16.5. The molecule has 3 amide bonds. The summed E-state index contributed by atoms with van der Waals surface area (Å²) in [6, 6.07) is 22.7. The highest BCUT2D eigenvalue weighted by molar-refractivity contribution is 6.53. The Bertz CT molecular complexity index is 1290. The van der Waals surface area contributed by atoms with Crippen molar-refractivity contribution < 1.29 is 19.1 Å². The average Bonchev–Trinajstić information content (AvgIpc) is 3.08. The number of nitrogens with zero attached hydrogens (tertiary/aromatic N) is 2. The molecule has 0 unspecified atom stereocenters. The molecule has 0 saturated carbocycles. The maximum absolute atomic E-state index is 13.2. The van der Waals surface area contributed by atoms with Crippen LogP contribution in [0.15, 0.2) is 89.6 Å². The van der Waals surface area contributed by atoms with Crippen molar-refractivity contribution in [2.45, 2.75) is 6.92 Å². The van der Waals surface area contributed by atoms with E-state index in [0.29, 0.717) is 29.2 Å². The van der Waals surface area contributed by atoms with Crippen LogP contribution in [0, 0.1) is 0 Å². The molecule has 4 rings (SSSR count). The highest BCUT2D eigenvalue weighted by Crippen LogP contribution is 2.35. The second kappa shape index (κ2) is 9.80. The number of methoxy groups -OCH3 is 1. The molecule has 0 atom stereocenters. The molecule has 7 nitrogen and oxygen atoms in total. The van der Waals surface area contributed by atoms with Gasteiger partial charge in [-0.15, -0.1) is 0 Å². The number of para-hydroxylation sites is 3. The molecule has 3 aromatic carbocycles. The molecule has 1 aliphatic heterocycles. The van der Waals surface area contributed by atoms with Gasteiger partial charge in [0.2, 0.25) is 0 Å². The van der Waals surface area contributed by atoms with E-state index in [2.05, 4.69) is 5.32 Å². The molecule has 1 N–H and O–H groups in total. The summed E-state index contributed by atoms with van der Waals surface area (Å²) >= 11 is 6.26. The van der Waals surface area contributed by atoms with E-state index in [0.717, 1.165) is 10.6 Å². The van der Waals surface area contributed by atoms with Crippen molar-refractivity contribution in [2.75, 3.05) is 28.8 Å². The van der Waals surface area contributed by atoms with Crippen molar-refractivity contribution in [2.24, 2.45) is 0 Å². The number of benzene rings is 3. The molecular formula is C26H22ClN3O4. The molecule has 3 aromatic rings. The number of nitrogens with one attached hydrogen (secondary N) is 1. The molecular weight excluding hydrogens is 454 g/mol. The Morgan fingerprint density at radius 2 is 1.68 bits per heavy atom. The molecule has 8 heteroatoms. The van der Waals surface area contributed by atoms with E-state index in [1.807, 2.05) is 37.3 Å². The minimum Gasteiger partial charge on any atom is -0.495 e. The van der Waals surface area contributed by atoms with E-state index in [1.54, 1.807) is 53.4 Å². The predicted octanol–water partition coefficient (Wildman–Crippen LogP) is 4.80. The smallest absolute Gasteiger partial charge is 0.283 e. The number of ether oxygens (including phenoxy) is 1. The van der Waals surface area contributed by atoms with Crippen LogP contribution in [0.25, 0.3) is 0 Å². The number of rotatable bonds is 7. The molecule has 1 aliphatic rings. The highest BCUT2D eigenvalue weighted by Gasteiger charge is 2.40. The Morgan fingerprint density at radius 3 is 2.38 bits per heavy atom. The maximum atomic E-state index is 13.2. The number of halogens is 1. The molecule has 0 saturated heterocycles. The third-order valence-electron chi connectivity index (χ3n) is 5.36. The van der Waals surface area contributed by atoms with Crippen LogP contribution in [0.2, 0.25) is 0 Å². The fourth-order valence-corrected chi connectivity index (χ4v) is 3.94. The summed E-state index contributed by atoms with van der Waals surface area (Å²) in [5.41, 5.74) is 1.87. The van der Waals surface area contributed by atoms with Crippen LogP contribution in [-0.4, -0.2) is 31.4 Å². The maximum Gasteiger partial charge on any atom is 0.283 e. The van der Waals surface area contributed by atoms with Crippen LogP contribution >= 0.6 is 11.6 Å². The number of carbonyl (C=O) groups is 3. The lowest BCUT2D eigenvalue weighted by atomic mass is 10.1. The van der Waals surface area contributed by atoms with Crippen LogP contribution in [-0.2, 0) is 9.59 Å². The topological polar surface area (TPSA) is 79.0 Å². The zero-order chi connectivity index (χ0) is 24.2. The quantitative estimate of drug-likeness (QED) is 0.497. The monoisotopic (exact) mass is 475 g/mol. The third-order valence-corrected chi connectivity index (χ3v) is 5.71. The molecule has 0 aliphatic carbocycles. The Labute approximate surface area is 202 Å². The van der Waals surface area contributed by atoms with E-state index in [4.69, 9.17) is 16.3 Å². The number of imide groups is 1. The van der Waals surface area contributed by atoms with Crippen molar-refractivity contribution in [1.82, 2.24) is 0 Å². The number of anilines is 3. The summed E-state index contributed by atoms with van der Waals surface area (Å²) in [6.45, 7) is 2.38. The molecule has 0 bridgehead atoms. The number of hydrogen-bond acceptors (Lipinski definition) is 5. The Balaban J connectivity index is 1.60. The fraction of sp³-hybridized carbons (Fsp3) is 0.115. The van der Waals surface area contributed by atoms with E-state index < -0.39 is 11.8 Å². The van der Waals surface area contributed by atoms with Crippen molar-refractivity contribution in [1.29, 1.82) is 0 Å². The van der Waals surface area contributed by atoms with Gasteiger partial charge >= 0.3 is 0 Å². The van der Waals surface area contributed by atoms with E-state index >= 15 is 0 Å². The lowest BCUT2D eigenvalue weighted by Gasteiger charge is -2.21. The molecule has 1 heterocycles. The number of carbonyl (C=O) groups excluding carboxylic acids is 3. The molecule has 172 valence electrons. The van der Waals surface area contributed by atoms with Crippen molar-refractivity contribution in [3.8, 4) is 5.75 Å². The van der Waals surface area contributed by atoms with Crippen LogP contribution in [0.3, 0.4) is 0 Å². The van der Waals surface area contributed by atoms with Gasteiger partial charge in [0.25, 0.3) is 17.7 Å². The summed E-state index contributed by atoms with van der Waals surface area (Å²) in [5.74, 6) is -1.10. The molecule has 34 heavy (non-hydrogen) atoms. The van der Waals surface area contributed by atoms with Crippen LogP contribution in [0.4, 0.5) is 17.1 Å². The van der Waals surface area contributed by atoms with Gasteiger partial charge in [-0.25, -0.2) is 4.90 Å². The van der Waals surface area contributed by atoms with Gasteiger partial charge in [-0.2, -0.15) is 0 Å². The van der Waals surface area contributed by atoms with Crippen molar-refractivity contribution >= 4 is 46.4 Å². The molecule has 0 fully saturated rings. The SMILES string of the molecule is CCN(C(=O)c1cccc(NC2=C(Cl)C(=O)N(c3ccccc3OC)C2=O)c1)c1ccccc1. The van der Waals surface area contributed by atoms with Gasteiger partial charge in [0, 0.05) is 23.5 Å². The zero-order valence-corrected chi connectivity index (χ0v) is 19.4. The van der Waals surface area contributed by atoms with Crippen LogP contribution in [0.5, 0.6) is 5.75 Å². The third kappa shape index (κ3) is 4.25. The normalized spacial score (nSPS) is 13.3. The summed E-state index contributed by atoms with van der Waals surface area (Å²) < 4.78 is 5.28. The van der Waals surface area contributed by atoms with Crippen molar-refractivity contribution in [3.63, 3.8) is 0 Å². The minimum absolute atomic E-state index is 0.0717. The number of hydrogen-bond donors (Lipinski definition) is 1. The standard InChI is InChI=1S/C26H22ClN3O4/c1-3-29(19-12-5-4-6-13-19)24(31)17-10-9-11-18(16-17)28-23-22(27)25(32)30(26(23)33)20-14-7-8-15-21(20)34-2/h4-16,28H,3H2,1-2H3. The van der Waals surface area contributed by atoms with Gasteiger partial charge in [0.15, 0.2) is 0 Å². The second-order valence-corrected chi connectivity index (χ2v) is 7.78. The van der Waals surface area contributed by atoms with Crippen LogP contribution in [0.1, 0.15) is 17.3 Å². The fourth-order valence-electron chi connectivity index (χ4n) is 3.73. The molecule has 0 radical (unpaired) electrons. The zero-order valence-electron chi connectivity index (χ0n) is 18.6. The Kier molecular flexibility index (Phi) is 6.65. The molecule has 0 spiro atoms. The van der Waals surface area contributed by atoms with Gasteiger partial charge in [-0.1, -0.05) is 48.0 Å². The summed E-state index contributed by atoms with van der Waals surface area (Å²) in [4.78, 5) is 41.7.